The van der Waals surface area contributed by atoms with Crippen LogP contribution in [0.2, 0.25) is 25.7 Å². The fourth-order valence-electron chi connectivity index (χ4n) is 3.37. The molecule has 2 aromatic heterocycles. The van der Waals surface area contributed by atoms with Gasteiger partial charge in [-0.3, -0.25) is 4.57 Å². The maximum Gasteiger partial charge on any atom is 0.246 e. The molecule has 3 aromatic rings. The van der Waals surface area contributed by atoms with Crippen molar-refractivity contribution in [3.05, 3.63) is 36.1 Å². The van der Waals surface area contributed by atoms with Crippen molar-refractivity contribution in [3.8, 4) is 28.8 Å². The van der Waals surface area contributed by atoms with Gasteiger partial charge in [0.15, 0.2) is 5.76 Å². The van der Waals surface area contributed by atoms with Gasteiger partial charge in [0.1, 0.15) is 22.9 Å². The van der Waals surface area contributed by atoms with Crippen molar-refractivity contribution in [1.29, 1.82) is 0 Å². The van der Waals surface area contributed by atoms with Crippen molar-refractivity contribution >= 4 is 24.0 Å². The first kappa shape index (κ1) is 24.8. The van der Waals surface area contributed by atoms with Crippen molar-refractivity contribution < 1.29 is 22.3 Å². The zero-order chi connectivity index (χ0) is 24.4. The van der Waals surface area contributed by atoms with Crippen LogP contribution in [0.25, 0.3) is 17.3 Å². The summed E-state index contributed by atoms with van der Waals surface area (Å²) in [6.07, 6.45) is 0. The Morgan fingerprint density at radius 3 is 2.18 bits per heavy atom. The summed E-state index contributed by atoms with van der Waals surface area (Å²) >= 11 is 0. The molecule has 0 aliphatic carbocycles. The number of aryl methyl sites for hydroxylation is 1. The van der Waals surface area contributed by atoms with Crippen molar-refractivity contribution in [2.75, 3.05) is 30.8 Å². The van der Waals surface area contributed by atoms with Gasteiger partial charge in [-0.05, 0) is 44.2 Å². The number of furan rings is 1. The molecule has 9 nitrogen and oxygen atoms in total. The van der Waals surface area contributed by atoms with E-state index in [0.717, 1.165) is 6.04 Å². The van der Waals surface area contributed by atoms with Gasteiger partial charge in [-0.15, -0.1) is 10.2 Å². The summed E-state index contributed by atoms with van der Waals surface area (Å²) in [7, 11) is -2.12. The Balaban J connectivity index is 2.34. The molecular weight excluding hydrogens is 460 g/mol. The highest BCUT2D eigenvalue weighted by molar-refractivity contribution is 7.92. The summed E-state index contributed by atoms with van der Waals surface area (Å²) < 4.78 is 46.5. The minimum absolute atomic E-state index is 0.0657. The number of para-hydroxylation sites is 1. The number of hydrogen-bond acceptors (Lipinski definition) is 7. The Kier molecular flexibility index (Phi) is 7.22. The van der Waals surface area contributed by atoms with Crippen LogP contribution in [0, 0.1) is 6.92 Å². The molecule has 0 aliphatic heterocycles. The Labute approximate surface area is 196 Å². The van der Waals surface area contributed by atoms with Crippen molar-refractivity contribution in [3.63, 3.8) is 0 Å². The van der Waals surface area contributed by atoms with E-state index in [1.54, 1.807) is 50.0 Å². The van der Waals surface area contributed by atoms with E-state index in [2.05, 4.69) is 29.8 Å². The number of aromatic nitrogens is 3. The van der Waals surface area contributed by atoms with Gasteiger partial charge in [-0.1, -0.05) is 25.7 Å². The van der Waals surface area contributed by atoms with E-state index in [4.69, 9.17) is 13.9 Å². The number of anilines is 1. The van der Waals surface area contributed by atoms with Crippen LogP contribution in [-0.2, 0) is 10.0 Å². The van der Waals surface area contributed by atoms with Gasteiger partial charge in [-0.2, -0.15) is 0 Å². The second kappa shape index (κ2) is 9.60. The first-order valence-corrected chi connectivity index (χ1v) is 16.1. The smallest absolute Gasteiger partial charge is 0.246 e. The normalized spacial score (nSPS) is 12.1. The van der Waals surface area contributed by atoms with Crippen LogP contribution < -0.4 is 13.8 Å². The molecule has 0 unspecified atom stereocenters. The molecule has 0 N–H and O–H groups in total. The molecule has 11 heteroatoms. The fourth-order valence-corrected chi connectivity index (χ4v) is 5.47. The Bertz CT molecular complexity index is 1190. The highest BCUT2D eigenvalue weighted by Crippen LogP contribution is 2.39. The van der Waals surface area contributed by atoms with E-state index in [-0.39, 0.29) is 11.7 Å². The van der Waals surface area contributed by atoms with Crippen LogP contribution in [0.3, 0.4) is 0 Å². The molecule has 33 heavy (non-hydrogen) atoms. The van der Waals surface area contributed by atoms with Gasteiger partial charge in [0.2, 0.25) is 21.8 Å². The number of nitrogens with zero attached hydrogens (tertiary/aromatic N) is 4. The average molecular weight is 493 g/mol. The van der Waals surface area contributed by atoms with Crippen LogP contribution in [0.15, 0.2) is 34.7 Å². The average Bonchev–Trinajstić information content (AvgIpc) is 3.38. The standard InChI is InChI=1S/C22H32N4O5SSi/c1-8-32(27,28)25(14-15-33(5,6)7)22-24-23-21(19-13-12-16(2)31-19)26(22)20-17(29-3)10-9-11-18(20)30-4/h9-13H,8,14-15H2,1-7H3. The first-order chi connectivity index (χ1) is 15.5. The van der Waals surface area contributed by atoms with Gasteiger partial charge >= 0.3 is 0 Å². The Hall–Kier alpha value is -2.79. The first-order valence-electron chi connectivity index (χ1n) is 10.8. The van der Waals surface area contributed by atoms with E-state index in [1.165, 1.54) is 4.31 Å². The third kappa shape index (κ3) is 5.24. The summed E-state index contributed by atoms with van der Waals surface area (Å²) in [6.45, 7) is 10.4. The predicted molar refractivity (Wildman–Crippen MR) is 132 cm³/mol. The topological polar surface area (TPSA) is 99.7 Å². The molecule has 0 spiro atoms. The monoisotopic (exact) mass is 492 g/mol. The SMILES string of the molecule is CCS(=O)(=O)N(CC[Si](C)(C)C)c1nnc(-c2ccc(C)o2)n1-c1c(OC)cccc1OC. The lowest BCUT2D eigenvalue weighted by atomic mass is 10.2. The van der Waals surface area contributed by atoms with Crippen LogP contribution >= 0.6 is 0 Å². The number of methoxy groups -OCH3 is 2. The minimum Gasteiger partial charge on any atom is -0.494 e. The van der Waals surface area contributed by atoms with E-state index in [9.17, 15) is 8.42 Å². The Morgan fingerprint density at radius 1 is 1.06 bits per heavy atom. The van der Waals surface area contributed by atoms with Crippen LogP contribution in [0.1, 0.15) is 12.7 Å². The highest BCUT2D eigenvalue weighted by Gasteiger charge is 2.32. The van der Waals surface area contributed by atoms with Crippen LogP contribution in [0.4, 0.5) is 5.95 Å². The van der Waals surface area contributed by atoms with Gasteiger partial charge in [0.05, 0.1) is 20.0 Å². The number of hydrogen-bond donors (Lipinski definition) is 0. The second-order valence-corrected chi connectivity index (χ2v) is 16.7. The number of ether oxygens (including phenoxy) is 2. The van der Waals surface area contributed by atoms with Gasteiger partial charge in [0, 0.05) is 14.6 Å². The van der Waals surface area contributed by atoms with Gasteiger partial charge < -0.3 is 13.9 Å². The van der Waals surface area contributed by atoms with E-state index < -0.39 is 18.1 Å². The molecule has 0 fully saturated rings. The number of sulfonamides is 1. The maximum absolute atomic E-state index is 13.2. The van der Waals surface area contributed by atoms with Gasteiger partial charge in [-0.25, -0.2) is 12.7 Å². The lowest BCUT2D eigenvalue weighted by molar-refractivity contribution is 0.391. The number of benzene rings is 1. The van der Waals surface area contributed by atoms with Crippen molar-refractivity contribution in [2.24, 2.45) is 0 Å². The lowest BCUT2D eigenvalue weighted by Crippen LogP contribution is -2.38. The van der Waals surface area contributed by atoms with Crippen LogP contribution in [0.5, 0.6) is 11.5 Å². The van der Waals surface area contributed by atoms with Crippen molar-refractivity contribution in [2.45, 2.75) is 39.5 Å². The zero-order valence-corrected chi connectivity index (χ0v) is 22.1. The molecule has 0 amide bonds. The Morgan fingerprint density at radius 2 is 1.70 bits per heavy atom. The molecule has 0 saturated carbocycles. The third-order valence-electron chi connectivity index (χ3n) is 5.22. The van der Waals surface area contributed by atoms with E-state index >= 15 is 0 Å². The number of rotatable bonds is 10. The summed E-state index contributed by atoms with van der Waals surface area (Å²) in [6, 6.07) is 9.71. The predicted octanol–water partition coefficient (Wildman–Crippen LogP) is 4.35. The fraction of sp³-hybridized carbons (Fsp3) is 0.455. The summed E-state index contributed by atoms with van der Waals surface area (Å²) in [4.78, 5) is 0. The largest absolute Gasteiger partial charge is 0.494 e. The molecule has 0 atom stereocenters. The molecule has 0 radical (unpaired) electrons. The summed E-state index contributed by atoms with van der Waals surface area (Å²) in [5.74, 6) is 2.58. The molecule has 2 heterocycles. The molecule has 0 bridgehead atoms. The third-order valence-corrected chi connectivity index (χ3v) is 8.69. The summed E-state index contributed by atoms with van der Waals surface area (Å²) in [5, 5.41) is 8.70. The van der Waals surface area contributed by atoms with Crippen molar-refractivity contribution in [1.82, 2.24) is 14.8 Å². The summed E-state index contributed by atoms with van der Waals surface area (Å²) in [5.41, 5.74) is 0.496. The molecule has 1 aromatic carbocycles. The van der Waals surface area contributed by atoms with E-state index in [1.807, 2.05) is 13.0 Å². The second-order valence-electron chi connectivity index (χ2n) is 8.86. The quantitative estimate of drug-likeness (QED) is 0.388. The minimum atomic E-state index is -3.65. The van der Waals surface area contributed by atoms with Crippen LogP contribution in [-0.4, -0.2) is 57.8 Å². The molecule has 0 aliphatic rings. The highest BCUT2D eigenvalue weighted by atomic mass is 32.2. The maximum atomic E-state index is 13.2. The lowest BCUT2D eigenvalue weighted by Gasteiger charge is -2.27. The molecular formula is C22H32N4O5SSi. The zero-order valence-electron chi connectivity index (χ0n) is 20.2. The molecule has 3 rings (SSSR count). The molecule has 180 valence electrons. The van der Waals surface area contributed by atoms with E-state index in [0.29, 0.717) is 41.1 Å². The van der Waals surface area contributed by atoms with Gasteiger partial charge in [0.25, 0.3) is 0 Å². The molecule has 0 saturated heterocycles.